The lowest BCUT2D eigenvalue weighted by atomic mass is 10.2. The standard InChI is InChI=1S/C24H30N6O2/c1-4-25-24(29-14-12-28(13-15-29)23(31)22-11-8-16-32-22)26-17-21-18(2)27-30(19(21)3)20-9-6-5-7-10-20/h5-11,16H,4,12-15,17H2,1-3H3,(H,25,26). The second kappa shape index (κ2) is 9.72. The first-order valence-electron chi connectivity index (χ1n) is 11.0. The molecule has 168 valence electrons. The maximum Gasteiger partial charge on any atom is 0.289 e. The van der Waals surface area contributed by atoms with Gasteiger partial charge >= 0.3 is 0 Å². The molecule has 3 heterocycles. The number of hydrogen-bond acceptors (Lipinski definition) is 4. The Morgan fingerprint density at radius 2 is 1.78 bits per heavy atom. The second-order valence-corrected chi connectivity index (χ2v) is 7.82. The number of aryl methyl sites for hydroxylation is 1. The maximum absolute atomic E-state index is 12.5. The van der Waals surface area contributed by atoms with Crippen LogP contribution in [0.5, 0.6) is 0 Å². The van der Waals surface area contributed by atoms with Gasteiger partial charge in [-0.15, -0.1) is 0 Å². The van der Waals surface area contributed by atoms with Gasteiger partial charge in [0.1, 0.15) is 0 Å². The number of piperazine rings is 1. The van der Waals surface area contributed by atoms with Crippen LogP contribution in [0.15, 0.2) is 58.1 Å². The highest BCUT2D eigenvalue weighted by Gasteiger charge is 2.25. The molecular weight excluding hydrogens is 404 g/mol. The summed E-state index contributed by atoms with van der Waals surface area (Å²) >= 11 is 0. The van der Waals surface area contributed by atoms with Gasteiger partial charge in [-0.1, -0.05) is 18.2 Å². The van der Waals surface area contributed by atoms with Gasteiger partial charge in [0.25, 0.3) is 5.91 Å². The molecule has 0 aliphatic carbocycles. The summed E-state index contributed by atoms with van der Waals surface area (Å²) in [5.41, 5.74) is 4.27. The van der Waals surface area contributed by atoms with Gasteiger partial charge in [0.05, 0.1) is 24.2 Å². The van der Waals surface area contributed by atoms with E-state index in [-0.39, 0.29) is 5.91 Å². The number of hydrogen-bond donors (Lipinski definition) is 1. The smallest absolute Gasteiger partial charge is 0.289 e. The molecule has 2 aromatic heterocycles. The molecule has 1 saturated heterocycles. The minimum absolute atomic E-state index is 0.0591. The maximum atomic E-state index is 12.5. The fraction of sp³-hybridized carbons (Fsp3) is 0.375. The van der Waals surface area contributed by atoms with E-state index in [0.29, 0.717) is 25.4 Å². The van der Waals surface area contributed by atoms with Crippen molar-refractivity contribution in [1.29, 1.82) is 0 Å². The number of benzene rings is 1. The van der Waals surface area contributed by atoms with Gasteiger partial charge in [-0.05, 0) is 45.0 Å². The van der Waals surface area contributed by atoms with Crippen molar-refractivity contribution in [3.8, 4) is 5.69 Å². The van der Waals surface area contributed by atoms with Gasteiger partial charge < -0.3 is 19.5 Å². The summed E-state index contributed by atoms with van der Waals surface area (Å²) in [6, 6.07) is 13.6. The van der Waals surface area contributed by atoms with Crippen molar-refractivity contribution in [3.63, 3.8) is 0 Å². The molecule has 0 radical (unpaired) electrons. The number of amides is 1. The van der Waals surface area contributed by atoms with Crippen molar-refractivity contribution in [2.75, 3.05) is 32.7 Å². The van der Waals surface area contributed by atoms with Gasteiger partial charge in [-0.2, -0.15) is 5.10 Å². The number of guanidine groups is 1. The molecule has 8 heteroatoms. The van der Waals surface area contributed by atoms with Gasteiger partial charge in [-0.3, -0.25) is 4.79 Å². The SMILES string of the molecule is CCNC(=NCc1c(C)nn(-c2ccccc2)c1C)N1CCN(C(=O)c2ccco2)CC1. The van der Waals surface area contributed by atoms with Crippen molar-refractivity contribution in [2.45, 2.75) is 27.3 Å². The van der Waals surface area contributed by atoms with Gasteiger partial charge in [0.15, 0.2) is 11.7 Å². The van der Waals surface area contributed by atoms with E-state index in [1.54, 1.807) is 12.1 Å². The van der Waals surface area contributed by atoms with E-state index in [0.717, 1.165) is 48.2 Å². The Kier molecular flexibility index (Phi) is 6.58. The molecule has 4 rings (SSSR count). The number of para-hydroxylation sites is 1. The van der Waals surface area contributed by atoms with Gasteiger partial charge in [-0.25, -0.2) is 9.67 Å². The summed E-state index contributed by atoms with van der Waals surface area (Å²) in [4.78, 5) is 21.5. The molecule has 0 spiro atoms. The Labute approximate surface area is 188 Å². The van der Waals surface area contributed by atoms with Crippen LogP contribution in [0.25, 0.3) is 5.69 Å². The fourth-order valence-corrected chi connectivity index (χ4v) is 3.98. The first-order chi connectivity index (χ1) is 15.6. The minimum atomic E-state index is -0.0591. The van der Waals surface area contributed by atoms with Crippen LogP contribution in [0.3, 0.4) is 0 Å². The molecule has 1 aliphatic rings. The first-order valence-corrected chi connectivity index (χ1v) is 11.0. The van der Waals surface area contributed by atoms with E-state index in [2.05, 4.69) is 36.2 Å². The molecule has 1 amide bonds. The zero-order valence-corrected chi connectivity index (χ0v) is 18.9. The third-order valence-electron chi connectivity index (χ3n) is 5.76. The molecule has 0 atom stereocenters. The number of nitrogens with zero attached hydrogens (tertiary/aromatic N) is 5. The van der Waals surface area contributed by atoms with Gasteiger partial charge in [0.2, 0.25) is 0 Å². The monoisotopic (exact) mass is 434 g/mol. The van der Waals surface area contributed by atoms with Crippen molar-refractivity contribution < 1.29 is 9.21 Å². The van der Waals surface area contributed by atoms with Crippen LogP contribution < -0.4 is 5.32 Å². The number of aliphatic imine (C=N–C) groups is 1. The molecule has 0 unspecified atom stereocenters. The highest BCUT2D eigenvalue weighted by molar-refractivity contribution is 5.91. The van der Waals surface area contributed by atoms with Crippen LogP contribution in [0.4, 0.5) is 0 Å². The van der Waals surface area contributed by atoms with Crippen LogP contribution in [0.1, 0.15) is 34.4 Å². The predicted molar refractivity (Wildman–Crippen MR) is 124 cm³/mol. The predicted octanol–water partition coefficient (Wildman–Crippen LogP) is 3.01. The summed E-state index contributed by atoms with van der Waals surface area (Å²) in [5.74, 6) is 1.19. The number of furan rings is 1. The summed E-state index contributed by atoms with van der Waals surface area (Å²) < 4.78 is 7.23. The molecule has 8 nitrogen and oxygen atoms in total. The number of carbonyl (C=O) groups excluding carboxylic acids is 1. The lowest BCUT2D eigenvalue weighted by Crippen LogP contribution is -2.53. The van der Waals surface area contributed by atoms with Crippen molar-refractivity contribution in [3.05, 3.63) is 71.4 Å². The Balaban J connectivity index is 1.45. The molecule has 1 aromatic carbocycles. The topological polar surface area (TPSA) is 78.9 Å². The number of nitrogens with one attached hydrogen (secondary N) is 1. The molecular formula is C24H30N6O2. The molecule has 3 aromatic rings. The number of aromatic nitrogens is 2. The normalized spacial score (nSPS) is 14.7. The number of rotatable bonds is 5. The van der Waals surface area contributed by atoms with Crippen molar-refractivity contribution in [1.82, 2.24) is 24.9 Å². The van der Waals surface area contributed by atoms with Crippen LogP contribution in [-0.2, 0) is 6.54 Å². The van der Waals surface area contributed by atoms with E-state index >= 15 is 0 Å². The van der Waals surface area contributed by atoms with Crippen LogP contribution in [0.2, 0.25) is 0 Å². The highest BCUT2D eigenvalue weighted by atomic mass is 16.3. The second-order valence-electron chi connectivity index (χ2n) is 7.82. The zero-order valence-electron chi connectivity index (χ0n) is 18.9. The van der Waals surface area contributed by atoms with E-state index in [1.807, 2.05) is 34.7 Å². The van der Waals surface area contributed by atoms with E-state index in [1.165, 1.54) is 6.26 Å². The van der Waals surface area contributed by atoms with E-state index in [4.69, 9.17) is 14.5 Å². The first kappa shape index (κ1) is 21.7. The molecule has 1 aliphatic heterocycles. The largest absolute Gasteiger partial charge is 0.459 e. The Morgan fingerprint density at radius 1 is 1.06 bits per heavy atom. The Morgan fingerprint density at radius 3 is 2.44 bits per heavy atom. The van der Waals surface area contributed by atoms with E-state index in [9.17, 15) is 4.79 Å². The highest BCUT2D eigenvalue weighted by Crippen LogP contribution is 2.19. The summed E-state index contributed by atoms with van der Waals surface area (Å²) in [7, 11) is 0. The third-order valence-corrected chi connectivity index (χ3v) is 5.76. The lowest BCUT2D eigenvalue weighted by Gasteiger charge is -2.36. The van der Waals surface area contributed by atoms with Crippen LogP contribution in [0, 0.1) is 13.8 Å². The summed E-state index contributed by atoms with van der Waals surface area (Å²) in [6.45, 7) is 10.2. The molecule has 1 fully saturated rings. The average molecular weight is 435 g/mol. The zero-order chi connectivity index (χ0) is 22.5. The molecule has 0 saturated carbocycles. The van der Waals surface area contributed by atoms with Crippen molar-refractivity contribution in [2.24, 2.45) is 4.99 Å². The van der Waals surface area contributed by atoms with Gasteiger partial charge in [0, 0.05) is 44.0 Å². The van der Waals surface area contributed by atoms with Crippen molar-refractivity contribution >= 4 is 11.9 Å². The Bertz CT molecular complexity index is 1060. The summed E-state index contributed by atoms with van der Waals surface area (Å²) in [6.07, 6.45) is 1.53. The quantitative estimate of drug-likeness (QED) is 0.493. The lowest BCUT2D eigenvalue weighted by molar-refractivity contribution is 0.0657. The Hall–Kier alpha value is -3.55. The van der Waals surface area contributed by atoms with Crippen LogP contribution in [-0.4, -0.2) is 64.2 Å². The third kappa shape index (κ3) is 4.54. The minimum Gasteiger partial charge on any atom is -0.459 e. The van der Waals surface area contributed by atoms with E-state index < -0.39 is 0 Å². The fourth-order valence-electron chi connectivity index (χ4n) is 3.98. The number of carbonyl (C=O) groups is 1. The summed E-state index contributed by atoms with van der Waals surface area (Å²) in [5, 5.41) is 8.13. The molecule has 1 N–H and O–H groups in total. The average Bonchev–Trinajstić information content (AvgIpc) is 3.46. The molecule has 32 heavy (non-hydrogen) atoms. The molecule has 0 bridgehead atoms. The van der Waals surface area contributed by atoms with Crippen LogP contribution >= 0.6 is 0 Å².